The molecule has 0 atom stereocenters. The average Bonchev–Trinajstić information content (AvgIpc) is 2.45. The lowest BCUT2D eigenvalue weighted by molar-refractivity contribution is -0.128. The molecule has 0 radical (unpaired) electrons. The fourth-order valence-electron chi connectivity index (χ4n) is 2.42. The maximum Gasteiger partial charge on any atom is 0.233 e. The Kier molecular flexibility index (Phi) is 6.58. The topological polar surface area (TPSA) is 68.0 Å². The number of pyridine rings is 1. The molecule has 1 aromatic heterocycles. The zero-order chi connectivity index (χ0) is 15.0. The van der Waals surface area contributed by atoms with E-state index in [0.717, 1.165) is 18.4 Å². The van der Waals surface area contributed by atoms with Gasteiger partial charge in [-0.15, -0.1) is 0 Å². The molecule has 1 aromatic rings. The molecule has 20 heavy (non-hydrogen) atoms. The minimum atomic E-state index is -0.716. The van der Waals surface area contributed by atoms with Crippen molar-refractivity contribution >= 4 is 23.1 Å². The average molecular weight is 293 g/mol. The Bertz CT molecular complexity index is 442. The monoisotopic (exact) mass is 293 g/mol. The van der Waals surface area contributed by atoms with Crippen LogP contribution in [-0.4, -0.2) is 15.9 Å². The molecule has 1 rings (SSSR count). The highest BCUT2D eigenvalue weighted by Crippen LogP contribution is 2.31. The second-order valence-corrected chi connectivity index (χ2v) is 5.42. The van der Waals surface area contributed by atoms with E-state index in [2.05, 4.69) is 10.3 Å². The van der Waals surface area contributed by atoms with Crippen molar-refractivity contribution in [2.75, 3.05) is 0 Å². The summed E-state index contributed by atoms with van der Waals surface area (Å²) in [6, 6.07) is 3.75. The summed E-state index contributed by atoms with van der Waals surface area (Å²) in [5, 5.41) is 2.96. The first-order valence-corrected chi connectivity index (χ1v) is 7.44. The third-order valence-corrected chi connectivity index (χ3v) is 3.85. The number of carbonyl (C=O) groups is 1. The largest absolute Gasteiger partial charge is 0.392 e. The van der Waals surface area contributed by atoms with Crippen LogP contribution in [0.25, 0.3) is 0 Å². The quantitative estimate of drug-likeness (QED) is 0.723. The lowest BCUT2D eigenvalue weighted by Gasteiger charge is -2.31. The molecule has 5 heteroatoms. The standard InChI is InChI=1S/C15H23N3OS/c1-3-7-15(8-4-2,13(16)20)14(19)18-11-12-5-9-17-10-6-12/h5-6,9-10H,3-4,7-8,11H2,1-2H3,(H2,16,20)(H,18,19). The van der Waals surface area contributed by atoms with E-state index >= 15 is 0 Å². The van der Waals surface area contributed by atoms with Crippen molar-refractivity contribution in [1.29, 1.82) is 0 Å². The summed E-state index contributed by atoms with van der Waals surface area (Å²) in [4.78, 5) is 16.8. The van der Waals surface area contributed by atoms with Crippen LogP contribution in [0.4, 0.5) is 0 Å². The normalized spacial score (nSPS) is 11.1. The van der Waals surface area contributed by atoms with E-state index in [1.54, 1.807) is 12.4 Å². The molecule has 0 aliphatic heterocycles. The van der Waals surface area contributed by atoms with Crippen LogP contribution in [0.2, 0.25) is 0 Å². The number of nitrogens with two attached hydrogens (primary N) is 1. The highest BCUT2D eigenvalue weighted by atomic mass is 32.1. The van der Waals surface area contributed by atoms with Crippen molar-refractivity contribution in [3.8, 4) is 0 Å². The van der Waals surface area contributed by atoms with Gasteiger partial charge in [0.25, 0.3) is 0 Å². The molecular formula is C15H23N3OS. The molecule has 0 saturated carbocycles. The van der Waals surface area contributed by atoms with Gasteiger partial charge in [0.2, 0.25) is 5.91 Å². The van der Waals surface area contributed by atoms with Gasteiger partial charge in [-0.3, -0.25) is 9.78 Å². The van der Waals surface area contributed by atoms with Crippen LogP contribution >= 0.6 is 12.2 Å². The van der Waals surface area contributed by atoms with E-state index in [1.165, 1.54) is 0 Å². The maximum absolute atomic E-state index is 12.6. The minimum Gasteiger partial charge on any atom is -0.392 e. The molecule has 0 bridgehead atoms. The first kappa shape index (κ1) is 16.6. The van der Waals surface area contributed by atoms with E-state index in [-0.39, 0.29) is 5.91 Å². The highest BCUT2D eigenvalue weighted by molar-refractivity contribution is 7.80. The van der Waals surface area contributed by atoms with Gasteiger partial charge < -0.3 is 11.1 Å². The van der Waals surface area contributed by atoms with Crippen molar-refractivity contribution in [2.24, 2.45) is 11.1 Å². The van der Waals surface area contributed by atoms with Crippen molar-refractivity contribution in [2.45, 2.75) is 46.1 Å². The number of amides is 1. The minimum absolute atomic E-state index is 0.0643. The van der Waals surface area contributed by atoms with Crippen molar-refractivity contribution in [3.63, 3.8) is 0 Å². The van der Waals surface area contributed by atoms with Crippen LogP contribution in [-0.2, 0) is 11.3 Å². The summed E-state index contributed by atoms with van der Waals surface area (Å²) in [6.45, 7) is 4.55. The van der Waals surface area contributed by atoms with Gasteiger partial charge in [0.15, 0.2) is 0 Å². The van der Waals surface area contributed by atoms with E-state index in [4.69, 9.17) is 18.0 Å². The lowest BCUT2D eigenvalue weighted by atomic mass is 9.78. The molecule has 1 heterocycles. The molecule has 0 aliphatic rings. The summed E-state index contributed by atoms with van der Waals surface area (Å²) >= 11 is 5.17. The number of carbonyl (C=O) groups excluding carboxylic acids is 1. The SMILES string of the molecule is CCCC(CCC)(C(=O)NCc1ccncc1)C(N)=S. The lowest BCUT2D eigenvalue weighted by Crippen LogP contribution is -2.48. The highest BCUT2D eigenvalue weighted by Gasteiger charge is 2.39. The summed E-state index contributed by atoms with van der Waals surface area (Å²) in [6.07, 6.45) is 6.55. The van der Waals surface area contributed by atoms with Crippen LogP contribution in [0.15, 0.2) is 24.5 Å². The smallest absolute Gasteiger partial charge is 0.233 e. The Hall–Kier alpha value is -1.49. The molecule has 4 nitrogen and oxygen atoms in total. The van der Waals surface area contributed by atoms with Crippen LogP contribution in [0.1, 0.15) is 45.1 Å². The molecule has 0 fully saturated rings. The van der Waals surface area contributed by atoms with Gasteiger partial charge in [0.05, 0.1) is 10.4 Å². The summed E-state index contributed by atoms with van der Waals surface area (Å²) in [5.74, 6) is -0.0643. The summed E-state index contributed by atoms with van der Waals surface area (Å²) < 4.78 is 0. The third kappa shape index (κ3) is 4.00. The predicted octanol–water partition coefficient (Wildman–Crippen LogP) is 2.57. The van der Waals surface area contributed by atoms with Crippen LogP contribution < -0.4 is 11.1 Å². The van der Waals surface area contributed by atoms with Crippen LogP contribution in [0.5, 0.6) is 0 Å². The van der Waals surface area contributed by atoms with E-state index in [1.807, 2.05) is 26.0 Å². The van der Waals surface area contributed by atoms with Gasteiger partial charge in [-0.1, -0.05) is 38.9 Å². The predicted molar refractivity (Wildman–Crippen MR) is 85.1 cm³/mol. The van der Waals surface area contributed by atoms with Gasteiger partial charge >= 0.3 is 0 Å². The molecule has 110 valence electrons. The van der Waals surface area contributed by atoms with E-state index in [9.17, 15) is 4.79 Å². The molecule has 1 amide bonds. The molecule has 0 aliphatic carbocycles. The number of rotatable bonds is 8. The Morgan fingerprint density at radius 1 is 1.30 bits per heavy atom. The van der Waals surface area contributed by atoms with Crippen molar-refractivity contribution in [3.05, 3.63) is 30.1 Å². The Labute approximate surface area is 126 Å². The Morgan fingerprint density at radius 3 is 2.30 bits per heavy atom. The molecule has 0 saturated heterocycles. The van der Waals surface area contributed by atoms with Gasteiger partial charge in [0.1, 0.15) is 0 Å². The number of nitrogens with one attached hydrogen (secondary N) is 1. The molecule has 3 N–H and O–H groups in total. The van der Waals surface area contributed by atoms with Crippen molar-refractivity contribution in [1.82, 2.24) is 10.3 Å². The van der Waals surface area contributed by atoms with Gasteiger partial charge in [-0.25, -0.2) is 0 Å². The molecule has 0 unspecified atom stereocenters. The fraction of sp³-hybridized carbons (Fsp3) is 0.533. The summed E-state index contributed by atoms with van der Waals surface area (Å²) in [7, 11) is 0. The number of nitrogens with zero attached hydrogens (tertiary/aromatic N) is 1. The fourth-order valence-corrected chi connectivity index (χ4v) is 2.71. The van der Waals surface area contributed by atoms with Crippen LogP contribution in [0.3, 0.4) is 0 Å². The third-order valence-electron chi connectivity index (χ3n) is 3.46. The molecular weight excluding hydrogens is 270 g/mol. The van der Waals surface area contributed by atoms with E-state index in [0.29, 0.717) is 24.4 Å². The zero-order valence-electron chi connectivity index (χ0n) is 12.2. The Morgan fingerprint density at radius 2 is 1.85 bits per heavy atom. The summed E-state index contributed by atoms with van der Waals surface area (Å²) in [5.41, 5.74) is 6.17. The number of hydrogen-bond acceptors (Lipinski definition) is 3. The van der Waals surface area contributed by atoms with Crippen molar-refractivity contribution < 1.29 is 4.79 Å². The molecule has 0 spiro atoms. The Balaban J connectivity index is 2.80. The first-order valence-electron chi connectivity index (χ1n) is 7.04. The second kappa shape index (κ2) is 7.94. The second-order valence-electron chi connectivity index (χ2n) is 4.98. The van der Waals surface area contributed by atoms with E-state index < -0.39 is 5.41 Å². The zero-order valence-corrected chi connectivity index (χ0v) is 13.0. The van der Waals surface area contributed by atoms with Crippen LogP contribution in [0, 0.1) is 5.41 Å². The number of aromatic nitrogens is 1. The van der Waals surface area contributed by atoms with Gasteiger partial charge in [-0.05, 0) is 30.5 Å². The molecule has 0 aromatic carbocycles. The first-order chi connectivity index (χ1) is 9.56. The number of thiocarbonyl (C=S) groups is 1. The van der Waals surface area contributed by atoms with Gasteiger partial charge in [0, 0.05) is 18.9 Å². The maximum atomic E-state index is 12.6. The number of hydrogen-bond donors (Lipinski definition) is 2. The van der Waals surface area contributed by atoms with Gasteiger partial charge in [-0.2, -0.15) is 0 Å².